The highest BCUT2D eigenvalue weighted by molar-refractivity contribution is 7.98. The van der Waals surface area contributed by atoms with Crippen molar-refractivity contribution in [3.05, 3.63) is 53.2 Å². The third kappa shape index (κ3) is 4.47. The van der Waals surface area contributed by atoms with E-state index in [1.165, 1.54) is 11.8 Å². The summed E-state index contributed by atoms with van der Waals surface area (Å²) in [6, 6.07) is 9.89. The van der Waals surface area contributed by atoms with E-state index in [0.717, 1.165) is 0 Å². The van der Waals surface area contributed by atoms with Gasteiger partial charge in [0.05, 0.1) is 5.56 Å². The van der Waals surface area contributed by atoms with E-state index in [4.69, 9.17) is 16.3 Å². The number of carbonyl (C=O) groups is 2. The Morgan fingerprint density at radius 3 is 2.68 bits per heavy atom. The second kappa shape index (κ2) is 7.82. The van der Waals surface area contributed by atoms with Crippen LogP contribution in [-0.2, 0) is 9.53 Å². The van der Waals surface area contributed by atoms with Crippen LogP contribution < -0.4 is 5.32 Å². The number of ether oxygens (including phenoxy) is 1. The van der Waals surface area contributed by atoms with Gasteiger partial charge in [-0.05, 0) is 42.7 Å². The van der Waals surface area contributed by atoms with Gasteiger partial charge < -0.3 is 10.1 Å². The molecule has 0 fully saturated rings. The van der Waals surface area contributed by atoms with Gasteiger partial charge in [-0.15, -0.1) is 11.8 Å². The lowest BCUT2D eigenvalue weighted by atomic mass is 10.3. The first kappa shape index (κ1) is 16.3. The largest absolute Gasteiger partial charge is 0.452 e. The first-order valence-electron chi connectivity index (χ1n) is 6.31. The van der Waals surface area contributed by atoms with Crippen molar-refractivity contribution >= 4 is 40.9 Å². The Kier molecular flexibility index (Phi) is 5.80. The number of halogens is 1. The standard InChI is InChI=1S/C15H13ClN2O3S/c1-22-14-12(3-2-8-17-14)15(20)21-9-13(19)18-11-6-4-10(16)5-7-11/h2-8H,9H2,1H3,(H,18,19). The molecule has 1 amide bonds. The normalized spacial score (nSPS) is 10.1. The predicted octanol–water partition coefficient (Wildman–Crippen LogP) is 3.25. The number of thioether (sulfide) groups is 1. The van der Waals surface area contributed by atoms with Gasteiger partial charge in [-0.2, -0.15) is 0 Å². The topological polar surface area (TPSA) is 68.3 Å². The molecule has 1 aromatic heterocycles. The van der Waals surface area contributed by atoms with Crippen molar-refractivity contribution in [2.45, 2.75) is 5.03 Å². The summed E-state index contributed by atoms with van der Waals surface area (Å²) in [5.41, 5.74) is 0.922. The monoisotopic (exact) mass is 336 g/mol. The maximum Gasteiger partial charge on any atom is 0.341 e. The average Bonchev–Trinajstić information content (AvgIpc) is 2.54. The van der Waals surface area contributed by atoms with Gasteiger partial charge in [-0.1, -0.05) is 11.6 Å². The molecule has 0 aliphatic heterocycles. The number of carbonyl (C=O) groups excluding carboxylic acids is 2. The van der Waals surface area contributed by atoms with Gasteiger partial charge in [0, 0.05) is 16.9 Å². The summed E-state index contributed by atoms with van der Waals surface area (Å²) in [4.78, 5) is 27.8. The van der Waals surface area contributed by atoms with Crippen molar-refractivity contribution in [3.8, 4) is 0 Å². The molecule has 0 spiro atoms. The summed E-state index contributed by atoms with van der Waals surface area (Å²) >= 11 is 7.09. The SMILES string of the molecule is CSc1ncccc1C(=O)OCC(=O)Nc1ccc(Cl)cc1. The van der Waals surface area contributed by atoms with Crippen LogP contribution in [0.15, 0.2) is 47.6 Å². The van der Waals surface area contributed by atoms with Crippen LogP contribution in [0.2, 0.25) is 5.02 Å². The molecule has 22 heavy (non-hydrogen) atoms. The first-order valence-corrected chi connectivity index (χ1v) is 7.92. The number of esters is 1. The van der Waals surface area contributed by atoms with Crippen LogP contribution in [0.1, 0.15) is 10.4 Å². The summed E-state index contributed by atoms with van der Waals surface area (Å²) in [5, 5.41) is 3.74. The Bertz CT molecular complexity index is 677. The van der Waals surface area contributed by atoms with Gasteiger partial charge >= 0.3 is 5.97 Å². The molecule has 5 nitrogen and oxygen atoms in total. The molecular formula is C15H13ClN2O3S. The Hall–Kier alpha value is -2.05. The summed E-state index contributed by atoms with van der Waals surface area (Å²) in [5.74, 6) is -1.01. The first-order chi connectivity index (χ1) is 10.6. The van der Waals surface area contributed by atoms with Crippen molar-refractivity contribution in [1.82, 2.24) is 4.98 Å². The highest BCUT2D eigenvalue weighted by Gasteiger charge is 2.14. The molecule has 0 bridgehead atoms. The van der Waals surface area contributed by atoms with E-state index < -0.39 is 11.9 Å². The molecule has 0 saturated heterocycles. The van der Waals surface area contributed by atoms with E-state index in [1.54, 1.807) is 42.6 Å². The third-order valence-corrected chi connectivity index (χ3v) is 3.61. The Balaban J connectivity index is 1.90. The van der Waals surface area contributed by atoms with E-state index in [-0.39, 0.29) is 6.61 Å². The van der Waals surface area contributed by atoms with Crippen molar-refractivity contribution in [2.75, 3.05) is 18.2 Å². The van der Waals surface area contributed by atoms with Crippen molar-refractivity contribution < 1.29 is 14.3 Å². The molecule has 2 rings (SSSR count). The lowest BCUT2D eigenvalue weighted by Gasteiger charge is -2.08. The van der Waals surface area contributed by atoms with Gasteiger partial charge in [-0.3, -0.25) is 4.79 Å². The van der Waals surface area contributed by atoms with E-state index in [2.05, 4.69) is 10.3 Å². The van der Waals surface area contributed by atoms with Crippen LogP contribution in [0.4, 0.5) is 5.69 Å². The fraction of sp³-hybridized carbons (Fsp3) is 0.133. The van der Waals surface area contributed by atoms with E-state index in [0.29, 0.717) is 21.3 Å². The highest BCUT2D eigenvalue weighted by atomic mass is 35.5. The van der Waals surface area contributed by atoms with Crippen LogP contribution in [0.3, 0.4) is 0 Å². The number of anilines is 1. The van der Waals surface area contributed by atoms with Crippen molar-refractivity contribution in [2.24, 2.45) is 0 Å². The molecule has 0 atom stereocenters. The molecule has 0 aliphatic carbocycles. The molecule has 1 heterocycles. The van der Waals surface area contributed by atoms with E-state index >= 15 is 0 Å². The lowest BCUT2D eigenvalue weighted by molar-refractivity contribution is -0.119. The summed E-state index contributed by atoms with van der Waals surface area (Å²) in [7, 11) is 0. The second-order valence-corrected chi connectivity index (χ2v) is 5.42. The zero-order valence-corrected chi connectivity index (χ0v) is 13.3. The number of benzene rings is 1. The number of rotatable bonds is 5. The molecule has 0 radical (unpaired) electrons. The van der Waals surface area contributed by atoms with Crippen LogP contribution in [0.5, 0.6) is 0 Å². The fourth-order valence-electron chi connectivity index (χ4n) is 1.65. The van der Waals surface area contributed by atoms with Crippen LogP contribution in [-0.4, -0.2) is 29.7 Å². The number of hydrogen-bond acceptors (Lipinski definition) is 5. The Morgan fingerprint density at radius 1 is 1.27 bits per heavy atom. The Labute approximate surface area is 137 Å². The maximum absolute atomic E-state index is 12.0. The lowest BCUT2D eigenvalue weighted by Crippen LogP contribution is -2.21. The molecule has 114 valence electrons. The number of amides is 1. The van der Waals surface area contributed by atoms with Gasteiger partial charge in [0.25, 0.3) is 5.91 Å². The van der Waals surface area contributed by atoms with Crippen molar-refractivity contribution in [3.63, 3.8) is 0 Å². The summed E-state index contributed by atoms with van der Waals surface area (Å²) in [6.45, 7) is -0.371. The van der Waals surface area contributed by atoms with E-state index in [1.807, 2.05) is 6.26 Å². The molecule has 0 aliphatic rings. The van der Waals surface area contributed by atoms with E-state index in [9.17, 15) is 9.59 Å². The molecular weight excluding hydrogens is 324 g/mol. The second-order valence-electron chi connectivity index (χ2n) is 4.19. The molecule has 2 aromatic rings. The minimum absolute atomic E-state index is 0.342. The Morgan fingerprint density at radius 2 is 2.00 bits per heavy atom. The van der Waals surface area contributed by atoms with Crippen LogP contribution in [0.25, 0.3) is 0 Å². The zero-order valence-electron chi connectivity index (χ0n) is 11.7. The molecule has 0 unspecified atom stereocenters. The average molecular weight is 337 g/mol. The number of nitrogens with one attached hydrogen (secondary N) is 1. The van der Waals surface area contributed by atoms with Gasteiger partial charge in [-0.25, -0.2) is 9.78 Å². The number of nitrogens with zero attached hydrogens (tertiary/aromatic N) is 1. The smallest absolute Gasteiger partial charge is 0.341 e. The minimum Gasteiger partial charge on any atom is -0.452 e. The third-order valence-electron chi connectivity index (χ3n) is 2.65. The van der Waals surface area contributed by atoms with Gasteiger partial charge in [0.2, 0.25) is 0 Å². The van der Waals surface area contributed by atoms with Crippen molar-refractivity contribution in [1.29, 1.82) is 0 Å². The highest BCUT2D eigenvalue weighted by Crippen LogP contribution is 2.17. The fourth-order valence-corrected chi connectivity index (χ4v) is 2.31. The zero-order chi connectivity index (χ0) is 15.9. The molecule has 1 aromatic carbocycles. The maximum atomic E-state index is 12.0. The number of pyridine rings is 1. The summed E-state index contributed by atoms with van der Waals surface area (Å²) in [6.07, 6.45) is 3.40. The molecule has 0 saturated carbocycles. The van der Waals surface area contributed by atoms with Crippen LogP contribution >= 0.6 is 23.4 Å². The van der Waals surface area contributed by atoms with Gasteiger partial charge in [0.1, 0.15) is 5.03 Å². The predicted molar refractivity (Wildman–Crippen MR) is 86.4 cm³/mol. The molecule has 1 N–H and O–H groups in total. The summed E-state index contributed by atoms with van der Waals surface area (Å²) < 4.78 is 5.00. The number of aromatic nitrogens is 1. The van der Waals surface area contributed by atoms with Crippen LogP contribution in [0, 0.1) is 0 Å². The number of hydrogen-bond donors (Lipinski definition) is 1. The minimum atomic E-state index is -0.580. The van der Waals surface area contributed by atoms with Gasteiger partial charge in [0.15, 0.2) is 6.61 Å². The quantitative estimate of drug-likeness (QED) is 0.670. The molecule has 7 heteroatoms.